The van der Waals surface area contributed by atoms with Gasteiger partial charge in [-0.15, -0.1) is 0 Å². The van der Waals surface area contributed by atoms with Crippen molar-refractivity contribution < 1.29 is 15.0 Å². The maximum absolute atomic E-state index is 12.7. The van der Waals surface area contributed by atoms with E-state index in [4.69, 9.17) is 11.6 Å². The van der Waals surface area contributed by atoms with E-state index in [-0.39, 0.29) is 12.5 Å². The minimum Gasteiger partial charge on any atom is -0.388 e. The molecule has 2 saturated heterocycles. The lowest BCUT2D eigenvalue weighted by Gasteiger charge is -2.41. The average Bonchev–Trinajstić information content (AvgIpc) is 3.11. The molecular formula is C18H25ClN2O3. The van der Waals surface area contributed by atoms with Crippen LogP contribution in [0.3, 0.4) is 0 Å². The number of carbonyl (C=O) groups excluding carboxylic acids is 1. The number of nitrogens with zero attached hydrogens (tertiary/aromatic N) is 2. The van der Waals surface area contributed by atoms with E-state index in [2.05, 4.69) is 4.90 Å². The molecule has 1 amide bonds. The number of piperidine rings is 1. The van der Waals surface area contributed by atoms with Crippen LogP contribution in [0.15, 0.2) is 18.2 Å². The van der Waals surface area contributed by atoms with Gasteiger partial charge < -0.3 is 20.0 Å². The number of amides is 1. The highest BCUT2D eigenvalue weighted by Gasteiger charge is 2.40. The maximum atomic E-state index is 12.7. The molecule has 3 rings (SSSR count). The second-order valence-corrected chi connectivity index (χ2v) is 7.24. The van der Waals surface area contributed by atoms with Crippen LogP contribution in [-0.4, -0.2) is 58.9 Å². The first-order valence-electron chi connectivity index (χ1n) is 8.69. The van der Waals surface area contributed by atoms with Crippen molar-refractivity contribution in [2.75, 3.05) is 31.1 Å². The molecule has 2 atom stereocenters. The van der Waals surface area contributed by atoms with Gasteiger partial charge in [0.15, 0.2) is 0 Å². The molecule has 2 heterocycles. The van der Waals surface area contributed by atoms with Gasteiger partial charge in [0.2, 0.25) is 0 Å². The van der Waals surface area contributed by atoms with Crippen LogP contribution in [0.4, 0.5) is 5.69 Å². The zero-order valence-electron chi connectivity index (χ0n) is 14.0. The average molecular weight is 353 g/mol. The van der Waals surface area contributed by atoms with E-state index in [0.29, 0.717) is 30.0 Å². The summed E-state index contributed by atoms with van der Waals surface area (Å²) in [4.78, 5) is 16.5. The first kappa shape index (κ1) is 17.5. The first-order valence-corrected chi connectivity index (χ1v) is 9.06. The van der Waals surface area contributed by atoms with E-state index in [0.717, 1.165) is 18.8 Å². The molecule has 0 bridgehead atoms. The van der Waals surface area contributed by atoms with Gasteiger partial charge in [-0.2, -0.15) is 0 Å². The summed E-state index contributed by atoms with van der Waals surface area (Å²) in [5, 5.41) is 21.1. The first-order chi connectivity index (χ1) is 11.4. The van der Waals surface area contributed by atoms with Crippen LogP contribution in [0.1, 0.15) is 43.0 Å². The fourth-order valence-electron chi connectivity index (χ4n) is 3.60. The predicted octanol–water partition coefficient (Wildman–Crippen LogP) is 2.29. The molecule has 2 N–H and O–H groups in total. The number of anilines is 1. The summed E-state index contributed by atoms with van der Waals surface area (Å²) in [5.74, 6) is -0.151. The van der Waals surface area contributed by atoms with Gasteiger partial charge in [0, 0.05) is 31.7 Å². The van der Waals surface area contributed by atoms with Gasteiger partial charge in [-0.25, -0.2) is 0 Å². The maximum Gasteiger partial charge on any atom is 0.253 e. The van der Waals surface area contributed by atoms with Crippen LogP contribution >= 0.6 is 11.6 Å². The Kier molecular flexibility index (Phi) is 5.04. The van der Waals surface area contributed by atoms with Crippen molar-refractivity contribution in [1.82, 2.24) is 4.90 Å². The van der Waals surface area contributed by atoms with Gasteiger partial charge in [-0.1, -0.05) is 18.5 Å². The predicted molar refractivity (Wildman–Crippen MR) is 94.7 cm³/mol. The van der Waals surface area contributed by atoms with E-state index in [1.54, 1.807) is 17.0 Å². The number of carbonyl (C=O) groups is 1. The largest absolute Gasteiger partial charge is 0.388 e. The van der Waals surface area contributed by atoms with Crippen LogP contribution in [0, 0.1) is 0 Å². The van der Waals surface area contributed by atoms with Crippen LogP contribution < -0.4 is 4.90 Å². The Balaban J connectivity index is 1.72. The lowest BCUT2D eigenvalue weighted by Crippen LogP contribution is -2.56. The van der Waals surface area contributed by atoms with Gasteiger partial charge in [-0.3, -0.25) is 4.79 Å². The minimum atomic E-state index is -1.09. The molecule has 0 radical (unpaired) electrons. The monoisotopic (exact) mass is 352 g/mol. The molecule has 132 valence electrons. The normalized spacial score (nSPS) is 27.6. The Bertz CT molecular complexity index is 618. The third-order valence-electron chi connectivity index (χ3n) is 5.37. The van der Waals surface area contributed by atoms with E-state index >= 15 is 0 Å². The molecule has 0 aromatic heterocycles. The van der Waals surface area contributed by atoms with E-state index in [1.165, 1.54) is 12.8 Å². The Labute approximate surface area is 147 Å². The molecular weight excluding hydrogens is 328 g/mol. The third-order valence-corrected chi connectivity index (χ3v) is 5.67. The highest BCUT2D eigenvalue weighted by atomic mass is 35.5. The number of rotatable bonds is 3. The van der Waals surface area contributed by atoms with Gasteiger partial charge in [0.25, 0.3) is 5.91 Å². The second-order valence-electron chi connectivity index (χ2n) is 6.83. The smallest absolute Gasteiger partial charge is 0.253 e. The lowest BCUT2D eigenvalue weighted by atomic mass is 9.86. The summed E-state index contributed by atoms with van der Waals surface area (Å²) in [6, 6.07) is 5.42. The number of aliphatic hydroxyl groups excluding tert-OH is 1. The minimum absolute atomic E-state index is 0.147. The van der Waals surface area contributed by atoms with Crippen molar-refractivity contribution >= 4 is 23.2 Å². The summed E-state index contributed by atoms with van der Waals surface area (Å²) in [7, 11) is 0. The lowest BCUT2D eigenvalue weighted by molar-refractivity contribution is -0.114. The van der Waals surface area contributed by atoms with E-state index in [9.17, 15) is 15.0 Å². The van der Waals surface area contributed by atoms with Crippen molar-refractivity contribution in [1.29, 1.82) is 0 Å². The van der Waals surface area contributed by atoms with Gasteiger partial charge in [0.1, 0.15) is 6.10 Å². The third kappa shape index (κ3) is 3.25. The van der Waals surface area contributed by atoms with Crippen LogP contribution in [0.25, 0.3) is 0 Å². The van der Waals surface area contributed by atoms with Crippen molar-refractivity contribution in [3.63, 3.8) is 0 Å². The molecule has 0 saturated carbocycles. The number of halogens is 1. The SMILES string of the molecule is CC[C@@]1(O)CCN(C(=O)c2ccc(N3CCCC3)c(Cl)c2)C[C@H]1O. The molecule has 0 unspecified atom stereocenters. The molecule has 0 aliphatic carbocycles. The van der Waals surface area contributed by atoms with Crippen molar-refractivity contribution in [3.05, 3.63) is 28.8 Å². The zero-order chi connectivity index (χ0) is 17.3. The van der Waals surface area contributed by atoms with Crippen molar-refractivity contribution in [3.8, 4) is 0 Å². The highest BCUT2D eigenvalue weighted by molar-refractivity contribution is 6.33. The molecule has 5 nitrogen and oxygen atoms in total. The van der Waals surface area contributed by atoms with Crippen molar-refractivity contribution in [2.45, 2.75) is 44.3 Å². The van der Waals surface area contributed by atoms with Crippen LogP contribution in [0.2, 0.25) is 5.02 Å². The molecule has 0 spiro atoms. The quantitative estimate of drug-likeness (QED) is 0.876. The Morgan fingerprint density at radius 1 is 1.33 bits per heavy atom. The Morgan fingerprint density at radius 3 is 2.62 bits per heavy atom. The number of aliphatic hydroxyl groups is 2. The number of hydrogen-bond donors (Lipinski definition) is 2. The fraction of sp³-hybridized carbons (Fsp3) is 0.611. The van der Waals surface area contributed by atoms with E-state index in [1.807, 2.05) is 13.0 Å². The number of β-amino-alcohol motifs (C(OH)–C–C–N with tert-alkyl or cyclic N) is 1. The zero-order valence-corrected chi connectivity index (χ0v) is 14.8. The molecule has 1 aromatic carbocycles. The topological polar surface area (TPSA) is 64.0 Å². The van der Waals surface area contributed by atoms with Crippen LogP contribution in [0.5, 0.6) is 0 Å². The summed E-state index contributed by atoms with van der Waals surface area (Å²) in [6.07, 6.45) is 2.29. The summed E-state index contributed by atoms with van der Waals surface area (Å²) in [6.45, 7) is 4.43. The van der Waals surface area contributed by atoms with Gasteiger partial charge in [0.05, 0.1) is 16.3 Å². The fourth-order valence-corrected chi connectivity index (χ4v) is 3.90. The Hall–Kier alpha value is -1.30. The van der Waals surface area contributed by atoms with Gasteiger partial charge in [-0.05, 0) is 43.9 Å². The molecule has 2 aliphatic rings. The summed E-state index contributed by atoms with van der Waals surface area (Å²) < 4.78 is 0. The molecule has 1 aromatic rings. The summed E-state index contributed by atoms with van der Waals surface area (Å²) in [5.41, 5.74) is 0.412. The number of likely N-dealkylation sites (tertiary alicyclic amines) is 1. The van der Waals surface area contributed by atoms with Crippen molar-refractivity contribution in [2.24, 2.45) is 0 Å². The second kappa shape index (κ2) is 6.90. The molecule has 6 heteroatoms. The molecule has 24 heavy (non-hydrogen) atoms. The van der Waals surface area contributed by atoms with E-state index < -0.39 is 11.7 Å². The molecule has 2 aliphatic heterocycles. The highest BCUT2D eigenvalue weighted by Crippen LogP contribution is 2.31. The molecule has 2 fully saturated rings. The van der Waals surface area contributed by atoms with Gasteiger partial charge >= 0.3 is 0 Å². The number of hydrogen-bond acceptors (Lipinski definition) is 4. The van der Waals surface area contributed by atoms with Crippen LogP contribution in [-0.2, 0) is 0 Å². The number of benzene rings is 1. The Morgan fingerprint density at radius 2 is 2.04 bits per heavy atom. The summed E-state index contributed by atoms with van der Waals surface area (Å²) >= 11 is 6.39. The standard InChI is InChI=1S/C18H25ClN2O3/c1-2-18(24)7-10-21(12-16(18)22)17(23)13-5-6-15(14(19)11-13)20-8-3-4-9-20/h5-6,11,16,22,24H,2-4,7-10,12H2,1H3/t16-,18-/m1/s1.